The normalized spacial score (nSPS) is 10.5. The molecule has 2 rings (SSSR count). The van der Waals surface area contributed by atoms with Crippen molar-refractivity contribution >= 4 is 17.5 Å². The van der Waals surface area contributed by atoms with Crippen LogP contribution in [0.3, 0.4) is 0 Å². The van der Waals surface area contributed by atoms with Gasteiger partial charge in [0.25, 0.3) is 0 Å². The Labute approximate surface area is 136 Å². The number of hydrogen-bond donors (Lipinski definition) is 0. The third-order valence-electron chi connectivity index (χ3n) is 3.40. The molecule has 0 bridgehead atoms. The summed E-state index contributed by atoms with van der Waals surface area (Å²) >= 11 is 1.58. The van der Waals surface area contributed by atoms with Crippen LogP contribution in [0.15, 0.2) is 47.4 Å². The van der Waals surface area contributed by atoms with Gasteiger partial charge in [0.15, 0.2) is 5.78 Å². The van der Waals surface area contributed by atoms with Crippen molar-refractivity contribution < 1.29 is 9.53 Å². The van der Waals surface area contributed by atoms with Crippen LogP contribution in [0.2, 0.25) is 0 Å². The van der Waals surface area contributed by atoms with Gasteiger partial charge >= 0.3 is 0 Å². The first-order valence-electron chi connectivity index (χ1n) is 7.57. The lowest BCUT2D eigenvalue weighted by Crippen LogP contribution is -2.07. The first-order valence-corrected chi connectivity index (χ1v) is 8.55. The van der Waals surface area contributed by atoms with E-state index in [4.69, 9.17) is 4.74 Å². The van der Waals surface area contributed by atoms with E-state index in [9.17, 15) is 4.79 Å². The summed E-state index contributed by atoms with van der Waals surface area (Å²) in [7, 11) is 0. The van der Waals surface area contributed by atoms with E-state index in [1.807, 2.05) is 56.3 Å². The minimum atomic E-state index is 0.163. The molecule has 0 atom stereocenters. The number of Topliss-reactive ketones (excluding diaryl/α,β-unsaturated/α-hetero) is 1. The van der Waals surface area contributed by atoms with Crippen LogP contribution in [0.5, 0.6) is 5.75 Å². The second kappa shape index (κ2) is 8.04. The van der Waals surface area contributed by atoms with E-state index in [1.54, 1.807) is 11.8 Å². The van der Waals surface area contributed by atoms with Crippen molar-refractivity contribution in [2.45, 2.75) is 32.1 Å². The van der Waals surface area contributed by atoms with Crippen LogP contribution >= 0.6 is 11.8 Å². The molecule has 0 fully saturated rings. The maximum absolute atomic E-state index is 12.5. The highest BCUT2D eigenvalue weighted by atomic mass is 32.2. The molecule has 0 aliphatic carbocycles. The molecule has 116 valence electrons. The Morgan fingerprint density at radius 1 is 1.09 bits per heavy atom. The number of benzene rings is 2. The lowest BCUT2D eigenvalue weighted by atomic mass is 10.0. The van der Waals surface area contributed by atoms with Crippen LogP contribution in [0.4, 0.5) is 0 Å². The maximum Gasteiger partial charge on any atom is 0.173 e. The highest BCUT2D eigenvalue weighted by Crippen LogP contribution is 2.25. The van der Waals surface area contributed by atoms with Crippen LogP contribution in [0.1, 0.15) is 34.8 Å². The van der Waals surface area contributed by atoms with E-state index >= 15 is 0 Å². The second-order valence-electron chi connectivity index (χ2n) is 5.31. The molecule has 0 aliphatic heterocycles. The monoisotopic (exact) mass is 314 g/mol. The zero-order valence-corrected chi connectivity index (χ0v) is 14.2. The van der Waals surface area contributed by atoms with Gasteiger partial charge in [-0.1, -0.05) is 25.1 Å². The van der Waals surface area contributed by atoms with Crippen LogP contribution in [-0.2, 0) is 0 Å². The van der Waals surface area contributed by atoms with Crippen LogP contribution in [0, 0.1) is 13.8 Å². The van der Waals surface area contributed by atoms with E-state index in [0.717, 1.165) is 33.8 Å². The summed E-state index contributed by atoms with van der Waals surface area (Å²) in [5, 5.41) is 0. The Morgan fingerprint density at radius 2 is 1.82 bits per heavy atom. The van der Waals surface area contributed by atoms with Gasteiger partial charge in [-0.15, -0.1) is 11.8 Å². The summed E-state index contributed by atoms with van der Waals surface area (Å²) in [5.41, 5.74) is 2.80. The Bertz CT molecular complexity index is 635. The fourth-order valence-corrected chi connectivity index (χ4v) is 3.00. The SMILES string of the molecule is CCCOc1cc(C)c(C(=O)CSc2ccccc2)cc1C. The van der Waals surface area contributed by atoms with Crippen molar-refractivity contribution in [3.05, 3.63) is 59.2 Å². The summed E-state index contributed by atoms with van der Waals surface area (Å²) in [4.78, 5) is 13.6. The number of ether oxygens (including phenoxy) is 1. The van der Waals surface area contributed by atoms with E-state index in [2.05, 4.69) is 6.92 Å². The predicted molar refractivity (Wildman–Crippen MR) is 93.2 cm³/mol. The molecule has 3 heteroatoms. The minimum absolute atomic E-state index is 0.163. The molecule has 2 nitrogen and oxygen atoms in total. The molecule has 0 heterocycles. The molecule has 0 N–H and O–H groups in total. The zero-order chi connectivity index (χ0) is 15.9. The molecule has 0 aromatic heterocycles. The summed E-state index contributed by atoms with van der Waals surface area (Å²) in [6.07, 6.45) is 0.979. The van der Waals surface area contributed by atoms with Gasteiger partial charge < -0.3 is 4.74 Å². The second-order valence-corrected chi connectivity index (χ2v) is 6.35. The lowest BCUT2D eigenvalue weighted by molar-refractivity contribution is 0.102. The fraction of sp³-hybridized carbons (Fsp3) is 0.316. The van der Waals surface area contributed by atoms with Crippen molar-refractivity contribution in [2.24, 2.45) is 0 Å². The standard InChI is InChI=1S/C19H22O2S/c1-4-10-21-19-12-14(2)17(11-15(19)3)18(20)13-22-16-8-6-5-7-9-16/h5-9,11-12H,4,10,13H2,1-3H3. The van der Waals surface area contributed by atoms with Gasteiger partial charge in [0.2, 0.25) is 0 Å². The molecule has 0 aliphatic rings. The summed E-state index contributed by atoms with van der Waals surface area (Å²) < 4.78 is 5.71. The fourth-order valence-electron chi connectivity index (χ4n) is 2.20. The van der Waals surface area contributed by atoms with E-state index in [0.29, 0.717) is 12.4 Å². The Hall–Kier alpha value is -1.74. The Morgan fingerprint density at radius 3 is 2.50 bits per heavy atom. The number of carbonyl (C=O) groups is 1. The van der Waals surface area contributed by atoms with Crippen molar-refractivity contribution in [1.29, 1.82) is 0 Å². The zero-order valence-electron chi connectivity index (χ0n) is 13.4. The molecule has 0 saturated carbocycles. The molecule has 0 unspecified atom stereocenters. The summed E-state index contributed by atoms with van der Waals surface area (Å²) in [6, 6.07) is 13.9. The lowest BCUT2D eigenvalue weighted by Gasteiger charge is -2.12. The van der Waals surface area contributed by atoms with Gasteiger partial charge in [0.1, 0.15) is 5.75 Å². The van der Waals surface area contributed by atoms with E-state index in [1.165, 1.54) is 0 Å². The Kier molecular flexibility index (Phi) is 6.08. The quantitative estimate of drug-likeness (QED) is 0.527. The van der Waals surface area contributed by atoms with E-state index in [-0.39, 0.29) is 5.78 Å². The number of thioether (sulfide) groups is 1. The Balaban J connectivity index is 2.08. The molecule has 0 radical (unpaired) electrons. The molecule has 22 heavy (non-hydrogen) atoms. The van der Waals surface area contributed by atoms with Crippen molar-refractivity contribution in [3.63, 3.8) is 0 Å². The molecule has 2 aromatic rings. The van der Waals surface area contributed by atoms with Crippen LogP contribution < -0.4 is 4.74 Å². The summed E-state index contributed by atoms with van der Waals surface area (Å²) in [6.45, 7) is 6.75. The number of hydrogen-bond acceptors (Lipinski definition) is 3. The van der Waals surface area contributed by atoms with Gasteiger partial charge in [0, 0.05) is 10.5 Å². The van der Waals surface area contributed by atoms with Crippen molar-refractivity contribution in [2.75, 3.05) is 12.4 Å². The van der Waals surface area contributed by atoms with Gasteiger partial charge in [-0.2, -0.15) is 0 Å². The van der Waals surface area contributed by atoms with Gasteiger partial charge in [-0.25, -0.2) is 0 Å². The first-order chi connectivity index (χ1) is 10.6. The number of carbonyl (C=O) groups excluding carboxylic acids is 1. The maximum atomic E-state index is 12.5. The summed E-state index contributed by atoms with van der Waals surface area (Å²) in [5.74, 6) is 1.50. The average molecular weight is 314 g/mol. The topological polar surface area (TPSA) is 26.3 Å². The van der Waals surface area contributed by atoms with Gasteiger partial charge in [-0.05, 0) is 55.7 Å². The number of ketones is 1. The van der Waals surface area contributed by atoms with Gasteiger partial charge in [-0.3, -0.25) is 4.79 Å². The third kappa shape index (κ3) is 4.38. The molecular weight excluding hydrogens is 292 g/mol. The van der Waals surface area contributed by atoms with E-state index < -0.39 is 0 Å². The molecular formula is C19H22O2S. The third-order valence-corrected chi connectivity index (χ3v) is 4.41. The number of rotatable bonds is 7. The smallest absolute Gasteiger partial charge is 0.173 e. The van der Waals surface area contributed by atoms with Crippen molar-refractivity contribution in [1.82, 2.24) is 0 Å². The molecule has 0 saturated heterocycles. The predicted octanol–water partition coefficient (Wildman–Crippen LogP) is 5.07. The molecule has 0 spiro atoms. The molecule has 0 amide bonds. The molecule has 2 aromatic carbocycles. The highest BCUT2D eigenvalue weighted by molar-refractivity contribution is 8.00. The highest BCUT2D eigenvalue weighted by Gasteiger charge is 2.13. The van der Waals surface area contributed by atoms with Crippen LogP contribution in [-0.4, -0.2) is 18.1 Å². The first kappa shape index (κ1) is 16.6. The average Bonchev–Trinajstić information content (AvgIpc) is 2.54. The van der Waals surface area contributed by atoms with Crippen LogP contribution in [0.25, 0.3) is 0 Å². The van der Waals surface area contributed by atoms with Crippen molar-refractivity contribution in [3.8, 4) is 5.75 Å². The largest absolute Gasteiger partial charge is 0.493 e. The number of aryl methyl sites for hydroxylation is 2. The van der Waals surface area contributed by atoms with Gasteiger partial charge in [0.05, 0.1) is 12.4 Å². The minimum Gasteiger partial charge on any atom is -0.493 e.